The van der Waals surface area contributed by atoms with E-state index in [1.165, 1.54) is 0 Å². The van der Waals surface area contributed by atoms with Crippen molar-refractivity contribution in [2.45, 2.75) is 33.6 Å². The lowest BCUT2D eigenvalue weighted by molar-refractivity contribution is 0.0803. The van der Waals surface area contributed by atoms with Crippen LogP contribution in [0, 0.1) is 5.41 Å². The van der Waals surface area contributed by atoms with E-state index in [-0.39, 0.29) is 11.2 Å². The maximum Gasteiger partial charge on any atom is 0.168 e. The van der Waals surface area contributed by atoms with Crippen LogP contribution in [0.4, 0.5) is 0 Å². The van der Waals surface area contributed by atoms with Gasteiger partial charge in [0, 0.05) is 11.0 Å². The molecule has 0 atom stereocenters. The maximum absolute atomic E-state index is 12.1. The van der Waals surface area contributed by atoms with E-state index in [1.54, 1.807) is 0 Å². The largest absolute Gasteiger partial charge is 0.294 e. The van der Waals surface area contributed by atoms with Gasteiger partial charge >= 0.3 is 0 Å². The van der Waals surface area contributed by atoms with E-state index in [1.807, 2.05) is 37.3 Å². The Morgan fingerprint density at radius 2 is 1.64 bits per heavy atom. The van der Waals surface area contributed by atoms with Crippen LogP contribution in [-0.2, 0) is 0 Å². The van der Waals surface area contributed by atoms with Crippen LogP contribution in [-0.4, -0.2) is 5.78 Å². The molecule has 0 bridgehead atoms. The molecule has 0 fully saturated rings. The van der Waals surface area contributed by atoms with Crippen LogP contribution >= 0.6 is 0 Å². The molecule has 1 aromatic rings. The van der Waals surface area contributed by atoms with E-state index in [4.69, 9.17) is 0 Å². The van der Waals surface area contributed by atoms with E-state index in [9.17, 15) is 4.79 Å². The molecule has 0 amide bonds. The van der Waals surface area contributed by atoms with Gasteiger partial charge in [-0.1, -0.05) is 51.1 Å². The normalized spacial score (nSPS) is 11.4. The van der Waals surface area contributed by atoms with Crippen molar-refractivity contribution in [2.75, 3.05) is 0 Å². The van der Waals surface area contributed by atoms with E-state index >= 15 is 0 Å². The Balaban J connectivity index is 2.95. The molecule has 76 valence electrons. The number of carbonyl (C=O) groups is 1. The average molecular weight is 190 g/mol. The van der Waals surface area contributed by atoms with Crippen molar-refractivity contribution in [1.29, 1.82) is 0 Å². The van der Waals surface area contributed by atoms with E-state index in [2.05, 4.69) is 13.8 Å². The number of hydrogen-bond donors (Lipinski definition) is 0. The molecular weight excluding hydrogens is 172 g/mol. The van der Waals surface area contributed by atoms with Crippen LogP contribution in [0.5, 0.6) is 0 Å². The van der Waals surface area contributed by atoms with E-state index in [0.29, 0.717) is 0 Å². The van der Waals surface area contributed by atoms with Crippen molar-refractivity contribution in [2.24, 2.45) is 5.41 Å². The van der Waals surface area contributed by atoms with Gasteiger partial charge in [0.05, 0.1) is 0 Å². The summed E-state index contributed by atoms with van der Waals surface area (Å²) in [7, 11) is 0. The lowest BCUT2D eigenvalue weighted by Gasteiger charge is -2.24. The third-order valence-corrected chi connectivity index (χ3v) is 3.14. The number of ketones is 1. The standard InChI is InChI=1S/C13H18O/c1-4-13(3,5-2)12(14)11-9-7-6-8-10-11/h6-10H,4-5H2,1-3H3. The highest BCUT2D eigenvalue weighted by atomic mass is 16.1. The Kier molecular flexibility index (Phi) is 3.45. The summed E-state index contributed by atoms with van der Waals surface area (Å²) in [5, 5.41) is 0. The van der Waals surface area contributed by atoms with Gasteiger partial charge in [-0.2, -0.15) is 0 Å². The summed E-state index contributed by atoms with van der Waals surface area (Å²) in [6, 6.07) is 9.56. The molecule has 0 spiro atoms. The summed E-state index contributed by atoms with van der Waals surface area (Å²) in [4.78, 5) is 12.1. The predicted octanol–water partition coefficient (Wildman–Crippen LogP) is 3.70. The molecule has 14 heavy (non-hydrogen) atoms. The van der Waals surface area contributed by atoms with Crippen LogP contribution < -0.4 is 0 Å². The number of hydrogen-bond acceptors (Lipinski definition) is 1. The molecule has 1 aromatic carbocycles. The first kappa shape index (κ1) is 11.0. The Morgan fingerprint density at radius 1 is 1.14 bits per heavy atom. The highest BCUT2D eigenvalue weighted by molar-refractivity contribution is 6.00. The first-order valence-corrected chi connectivity index (χ1v) is 5.24. The number of benzene rings is 1. The van der Waals surface area contributed by atoms with E-state index in [0.717, 1.165) is 18.4 Å². The first-order valence-electron chi connectivity index (χ1n) is 5.24. The summed E-state index contributed by atoms with van der Waals surface area (Å²) in [5.74, 6) is 0.267. The Labute approximate surface area is 86.1 Å². The average Bonchev–Trinajstić information content (AvgIpc) is 2.28. The highest BCUT2D eigenvalue weighted by Crippen LogP contribution is 2.29. The second kappa shape index (κ2) is 4.41. The van der Waals surface area contributed by atoms with Crippen LogP contribution in [0.15, 0.2) is 30.3 Å². The van der Waals surface area contributed by atoms with Gasteiger partial charge in [0.25, 0.3) is 0 Å². The maximum atomic E-state index is 12.1. The summed E-state index contributed by atoms with van der Waals surface area (Å²) in [6.07, 6.45) is 1.80. The zero-order valence-electron chi connectivity index (χ0n) is 9.21. The van der Waals surface area contributed by atoms with Crippen molar-refractivity contribution in [3.63, 3.8) is 0 Å². The molecule has 0 unspecified atom stereocenters. The van der Waals surface area contributed by atoms with Gasteiger partial charge in [0.1, 0.15) is 0 Å². The van der Waals surface area contributed by atoms with Gasteiger partial charge in [0.2, 0.25) is 0 Å². The van der Waals surface area contributed by atoms with Crippen LogP contribution in [0.2, 0.25) is 0 Å². The highest BCUT2D eigenvalue weighted by Gasteiger charge is 2.29. The van der Waals surface area contributed by atoms with Gasteiger partial charge in [-0.25, -0.2) is 0 Å². The second-order valence-corrected chi connectivity index (χ2v) is 3.96. The van der Waals surface area contributed by atoms with Crippen LogP contribution in [0.25, 0.3) is 0 Å². The SMILES string of the molecule is CCC(C)(CC)C(=O)c1ccccc1. The Bertz CT molecular complexity index is 296. The second-order valence-electron chi connectivity index (χ2n) is 3.96. The van der Waals surface area contributed by atoms with Crippen LogP contribution in [0.3, 0.4) is 0 Å². The molecule has 0 N–H and O–H groups in total. The fourth-order valence-electron chi connectivity index (χ4n) is 1.51. The number of carbonyl (C=O) groups excluding carboxylic acids is 1. The lowest BCUT2D eigenvalue weighted by atomic mass is 9.78. The van der Waals surface area contributed by atoms with Gasteiger partial charge in [-0.05, 0) is 12.8 Å². The molecule has 0 aromatic heterocycles. The van der Waals surface area contributed by atoms with Crippen LogP contribution in [0.1, 0.15) is 44.0 Å². The molecule has 0 saturated carbocycles. The Hall–Kier alpha value is -1.11. The minimum absolute atomic E-state index is 0.193. The summed E-state index contributed by atoms with van der Waals surface area (Å²) >= 11 is 0. The summed E-state index contributed by atoms with van der Waals surface area (Å²) in [6.45, 7) is 6.19. The number of Topliss-reactive ketones (excluding diaryl/α,β-unsaturated/α-hetero) is 1. The molecule has 0 saturated heterocycles. The van der Waals surface area contributed by atoms with Crippen molar-refractivity contribution >= 4 is 5.78 Å². The smallest absolute Gasteiger partial charge is 0.168 e. The summed E-state index contributed by atoms with van der Waals surface area (Å²) in [5.41, 5.74) is 0.639. The molecular formula is C13H18O. The monoisotopic (exact) mass is 190 g/mol. The third-order valence-electron chi connectivity index (χ3n) is 3.14. The van der Waals surface area contributed by atoms with Crippen molar-refractivity contribution in [3.05, 3.63) is 35.9 Å². The molecule has 1 nitrogen and oxygen atoms in total. The minimum atomic E-state index is -0.193. The fourth-order valence-corrected chi connectivity index (χ4v) is 1.51. The molecule has 0 aliphatic heterocycles. The van der Waals surface area contributed by atoms with E-state index < -0.39 is 0 Å². The molecule has 0 aliphatic rings. The fraction of sp³-hybridized carbons (Fsp3) is 0.462. The molecule has 0 aliphatic carbocycles. The van der Waals surface area contributed by atoms with Crippen molar-refractivity contribution < 1.29 is 4.79 Å². The lowest BCUT2D eigenvalue weighted by Crippen LogP contribution is -2.26. The van der Waals surface area contributed by atoms with Crippen molar-refractivity contribution in [1.82, 2.24) is 0 Å². The zero-order chi connectivity index (χ0) is 10.6. The minimum Gasteiger partial charge on any atom is -0.294 e. The predicted molar refractivity (Wildman–Crippen MR) is 59.5 cm³/mol. The van der Waals surface area contributed by atoms with Gasteiger partial charge in [0.15, 0.2) is 5.78 Å². The van der Waals surface area contributed by atoms with Gasteiger partial charge < -0.3 is 0 Å². The van der Waals surface area contributed by atoms with Crippen molar-refractivity contribution in [3.8, 4) is 0 Å². The topological polar surface area (TPSA) is 17.1 Å². The zero-order valence-corrected chi connectivity index (χ0v) is 9.21. The first-order chi connectivity index (χ1) is 6.64. The van der Waals surface area contributed by atoms with Gasteiger partial charge in [-0.15, -0.1) is 0 Å². The molecule has 1 heteroatoms. The van der Waals surface area contributed by atoms with Gasteiger partial charge in [-0.3, -0.25) is 4.79 Å². The number of rotatable bonds is 4. The molecule has 0 heterocycles. The quantitative estimate of drug-likeness (QED) is 0.662. The summed E-state index contributed by atoms with van der Waals surface area (Å²) < 4.78 is 0. The molecule has 0 radical (unpaired) electrons. The third kappa shape index (κ3) is 2.03. The molecule has 1 rings (SSSR count). The Morgan fingerprint density at radius 3 is 2.07 bits per heavy atom.